The summed E-state index contributed by atoms with van der Waals surface area (Å²) < 4.78 is 5.95. The zero-order chi connectivity index (χ0) is 20.3. The molecule has 0 aliphatic heterocycles. The maximum absolute atomic E-state index is 12.0. The second kappa shape index (κ2) is 7.21. The summed E-state index contributed by atoms with van der Waals surface area (Å²) >= 11 is 0. The summed E-state index contributed by atoms with van der Waals surface area (Å²) in [4.78, 5) is 12.0. The van der Waals surface area contributed by atoms with Crippen molar-refractivity contribution in [3.63, 3.8) is 0 Å². The number of hydrogen-bond acceptors (Lipinski definition) is 4. The van der Waals surface area contributed by atoms with Crippen LogP contribution in [0.5, 0.6) is 0 Å². The number of ether oxygens (including phenoxy) is 1. The summed E-state index contributed by atoms with van der Waals surface area (Å²) in [5.74, 6) is 2.30. The highest BCUT2D eigenvalue weighted by Gasteiger charge is 2.65. The highest BCUT2D eigenvalue weighted by atomic mass is 16.5. The van der Waals surface area contributed by atoms with Crippen LogP contribution in [-0.4, -0.2) is 41.4 Å². The minimum atomic E-state index is -0.334. The SMILES string of the molecule is C[C@@H](OCCO)[C@H]1CC[C@H]2[C@@H]3CCC4=CC(=O)CC[C@]4(C)[C@H]3[C@@H](O)[C@H](C)[C@]12C. The molecule has 9 atom stereocenters. The Labute approximate surface area is 169 Å². The van der Waals surface area contributed by atoms with Crippen molar-refractivity contribution in [2.24, 2.45) is 40.4 Å². The van der Waals surface area contributed by atoms with Crippen LogP contribution in [-0.2, 0) is 9.53 Å². The first kappa shape index (κ1) is 20.6. The molecular weight excluding hydrogens is 352 g/mol. The molecule has 4 aliphatic carbocycles. The molecule has 158 valence electrons. The number of carbonyl (C=O) groups is 1. The van der Waals surface area contributed by atoms with Gasteiger partial charge in [-0.1, -0.05) is 26.3 Å². The third-order valence-corrected chi connectivity index (χ3v) is 9.71. The predicted octanol–water partition coefficient (Wildman–Crippen LogP) is 3.75. The van der Waals surface area contributed by atoms with Crippen LogP contribution in [0.1, 0.15) is 66.2 Å². The largest absolute Gasteiger partial charge is 0.394 e. The average molecular weight is 391 g/mol. The number of hydrogen-bond donors (Lipinski definition) is 2. The summed E-state index contributed by atoms with van der Waals surface area (Å²) in [5.41, 5.74) is 1.34. The van der Waals surface area contributed by atoms with E-state index in [-0.39, 0.29) is 47.3 Å². The van der Waals surface area contributed by atoms with Crippen LogP contribution in [0.3, 0.4) is 0 Å². The molecule has 0 amide bonds. The zero-order valence-corrected chi connectivity index (χ0v) is 18.0. The Morgan fingerprint density at radius 1 is 1.25 bits per heavy atom. The lowest BCUT2D eigenvalue weighted by Gasteiger charge is -2.62. The fourth-order valence-electron chi connectivity index (χ4n) is 8.15. The lowest BCUT2D eigenvalue weighted by Crippen LogP contribution is -2.61. The van der Waals surface area contributed by atoms with Crippen molar-refractivity contribution in [2.45, 2.75) is 78.4 Å². The molecule has 0 aromatic heterocycles. The molecule has 0 saturated heterocycles. The quantitative estimate of drug-likeness (QED) is 0.767. The van der Waals surface area contributed by atoms with Gasteiger partial charge in [0.2, 0.25) is 0 Å². The molecule has 4 heteroatoms. The van der Waals surface area contributed by atoms with Crippen molar-refractivity contribution in [3.05, 3.63) is 11.6 Å². The Balaban J connectivity index is 1.67. The van der Waals surface area contributed by atoms with Gasteiger partial charge in [0.15, 0.2) is 5.78 Å². The molecule has 3 saturated carbocycles. The fraction of sp³-hybridized carbons (Fsp3) is 0.875. The van der Waals surface area contributed by atoms with Crippen molar-refractivity contribution in [1.29, 1.82) is 0 Å². The molecule has 2 N–H and O–H groups in total. The Bertz CT molecular complexity index is 657. The predicted molar refractivity (Wildman–Crippen MR) is 109 cm³/mol. The summed E-state index contributed by atoms with van der Waals surface area (Å²) in [6.07, 6.45) is 7.67. The number of rotatable bonds is 4. The van der Waals surface area contributed by atoms with Gasteiger partial charge in [0.25, 0.3) is 0 Å². The second-order valence-electron chi connectivity index (χ2n) is 10.5. The monoisotopic (exact) mass is 390 g/mol. The van der Waals surface area contributed by atoms with E-state index in [1.54, 1.807) is 0 Å². The van der Waals surface area contributed by atoms with Crippen molar-refractivity contribution >= 4 is 5.78 Å². The number of carbonyl (C=O) groups excluding carboxylic acids is 1. The molecule has 3 fully saturated rings. The van der Waals surface area contributed by atoms with E-state index in [9.17, 15) is 9.90 Å². The highest BCUT2D eigenvalue weighted by Crippen LogP contribution is 2.68. The normalized spacial score (nSPS) is 49.1. The molecular formula is C24H38O4. The molecule has 4 aliphatic rings. The second-order valence-corrected chi connectivity index (χ2v) is 10.5. The van der Waals surface area contributed by atoms with Gasteiger partial charge in [-0.15, -0.1) is 0 Å². The van der Waals surface area contributed by atoms with E-state index in [0.29, 0.717) is 30.8 Å². The lowest BCUT2D eigenvalue weighted by atomic mass is 9.43. The van der Waals surface area contributed by atoms with Gasteiger partial charge >= 0.3 is 0 Å². The number of fused-ring (bicyclic) bond motifs is 5. The van der Waals surface area contributed by atoms with Gasteiger partial charge in [-0.25, -0.2) is 0 Å². The standard InChI is InChI=1S/C24H38O4/c1-14-22(27)21-18(6-5-16-13-17(26)9-10-23(16,21)3)20-8-7-19(24(14,20)4)15(2)28-12-11-25/h13-15,18-22,25,27H,5-12H2,1-4H3/t14-,15+,18-,19+,20-,21+,22-,23-,24+/m0/s1. The van der Waals surface area contributed by atoms with Crippen LogP contribution in [0, 0.1) is 40.4 Å². The third kappa shape index (κ3) is 2.78. The lowest BCUT2D eigenvalue weighted by molar-refractivity contribution is -0.178. The van der Waals surface area contributed by atoms with E-state index < -0.39 is 0 Å². The number of allylic oxidation sites excluding steroid dienone is 1. The van der Waals surface area contributed by atoms with E-state index in [1.807, 2.05) is 6.08 Å². The maximum atomic E-state index is 12.0. The van der Waals surface area contributed by atoms with Gasteiger partial charge in [-0.05, 0) is 85.5 Å². The first-order valence-electron chi connectivity index (χ1n) is 11.4. The Morgan fingerprint density at radius 2 is 2.00 bits per heavy atom. The molecule has 0 bridgehead atoms. The van der Waals surface area contributed by atoms with Gasteiger partial charge in [0, 0.05) is 6.42 Å². The van der Waals surface area contributed by atoms with E-state index in [4.69, 9.17) is 9.84 Å². The molecule has 0 radical (unpaired) electrons. The summed E-state index contributed by atoms with van der Waals surface area (Å²) in [6.45, 7) is 9.57. The van der Waals surface area contributed by atoms with Gasteiger partial charge in [0.1, 0.15) is 0 Å². The maximum Gasteiger partial charge on any atom is 0.155 e. The zero-order valence-electron chi connectivity index (χ0n) is 18.0. The van der Waals surface area contributed by atoms with Crippen LogP contribution in [0.4, 0.5) is 0 Å². The summed E-state index contributed by atoms with van der Waals surface area (Å²) in [5, 5.41) is 20.8. The molecule has 0 spiro atoms. The molecule has 28 heavy (non-hydrogen) atoms. The number of aliphatic hydroxyl groups excluding tert-OH is 2. The first-order valence-corrected chi connectivity index (χ1v) is 11.4. The molecule has 0 aromatic carbocycles. The van der Waals surface area contributed by atoms with Crippen LogP contribution >= 0.6 is 0 Å². The number of aliphatic hydroxyl groups is 2. The number of ketones is 1. The van der Waals surface area contributed by atoms with E-state index in [0.717, 1.165) is 25.7 Å². The molecule has 0 heterocycles. The molecule has 4 nitrogen and oxygen atoms in total. The molecule has 4 rings (SSSR count). The Kier molecular flexibility index (Phi) is 5.29. The van der Waals surface area contributed by atoms with E-state index in [1.165, 1.54) is 12.0 Å². The van der Waals surface area contributed by atoms with Crippen molar-refractivity contribution in [2.75, 3.05) is 13.2 Å². The van der Waals surface area contributed by atoms with Gasteiger partial charge in [-0.2, -0.15) is 0 Å². The summed E-state index contributed by atoms with van der Waals surface area (Å²) in [7, 11) is 0. The minimum Gasteiger partial charge on any atom is -0.394 e. The van der Waals surface area contributed by atoms with Crippen molar-refractivity contribution < 1.29 is 19.7 Å². The van der Waals surface area contributed by atoms with Crippen LogP contribution < -0.4 is 0 Å². The van der Waals surface area contributed by atoms with Gasteiger partial charge in [0.05, 0.1) is 25.4 Å². The van der Waals surface area contributed by atoms with Crippen LogP contribution in [0.25, 0.3) is 0 Å². The smallest absolute Gasteiger partial charge is 0.155 e. The minimum absolute atomic E-state index is 0.0249. The van der Waals surface area contributed by atoms with Crippen LogP contribution in [0.15, 0.2) is 11.6 Å². The molecule has 0 unspecified atom stereocenters. The third-order valence-electron chi connectivity index (χ3n) is 9.71. The van der Waals surface area contributed by atoms with E-state index in [2.05, 4.69) is 27.7 Å². The van der Waals surface area contributed by atoms with Gasteiger partial charge in [-0.3, -0.25) is 4.79 Å². The van der Waals surface area contributed by atoms with Crippen molar-refractivity contribution in [1.82, 2.24) is 0 Å². The Morgan fingerprint density at radius 3 is 2.71 bits per heavy atom. The van der Waals surface area contributed by atoms with Crippen molar-refractivity contribution in [3.8, 4) is 0 Å². The highest BCUT2D eigenvalue weighted by molar-refractivity contribution is 5.91. The van der Waals surface area contributed by atoms with Crippen LogP contribution in [0.2, 0.25) is 0 Å². The topological polar surface area (TPSA) is 66.8 Å². The Hall–Kier alpha value is -0.710. The summed E-state index contributed by atoms with van der Waals surface area (Å²) in [6, 6.07) is 0. The van der Waals surface area contributed by atoms with E-state index >= 15 is 0 Å². The fourth-order valence-corrected chi connectivity index (χ4v) is 8.15. The molecule has 0 aromatic rings. The van der Waals surface area contributed by atoms with Gasteiger partial charge < -0.3 is 14.9 Å². The first-order chi connectivity index (χ1) is 13.2. The average Bonchev–Trinajstić information content (AvgIpc) is 3.02.